The van der Waals surface area contributed by atoms with Crippen molar-refractivity contribution in [1.29, 1.82) is 0 Å². The quantitative estimate of drug-likeness (QED) is 0.234. The zero-order valence-corrected chi connectivity index (χ0v) is 20.9. The topological polar surface area (TPSA) is 58.1 Å². The van der Waals surface area contributed by atoms with Crippen molar-refractivity contribution >= 4 is 18.4 Å². The Bertz CT molecular complexity index is 1220. The summed E-state index contributed by atoms with van der Waals surface area (Å²) in [6.45, 7) is 4.60. The van der Waals surface area contributed by atoms with Gasteiger partial charge in [-0.05, 0) is 79.1 Å². The molecule has 11 heteroatoms. The lowest BCUT2D eigenvalue weighted by Crippen LogP contribution is -2.25. The molecule has 2 heterocycles. The zero-order chi connectivity index (χ0) is 26.7. The number of nitrogens with one attached hydrogen (secondary N) is 1. The number of halogens is 5. The van der Waals surface area contributed by atoms with Crippen LogP contribution in [0.1, 0.15) is 31.7 Å². The molecule has 1 aliphatic carbocycles. The van der Waals surface area contributed by atoms with Crippen molar-refractivity contribution in [3.05, 3.63) is 77.9 Å². The van der Waals surface area contributed by atoms with Crippen LogP contribution in [-0.2, 0) is 17.5 Å². The van der Waals surface area contributed by atoms with Crippen LogP contribution in [0.2, 0.25) is 0 Å². The molecule has 5 rings (SSSR count). The zero-order valence-electron chi connectivity index (χ0n) is 20.0. The van der Waals surface area contributed by atoms with Crippen LogP contribution in [0.5, 0.6) is 0 Å². The van der Waals surface area contributed by atoms with Gasteiger partial charge >= 0.3 is 6.18 Å². The van der Waals surface area contributed by atoms with E-state index in [0.29, 0.717) is 23.6 Å². The Morgan fingerprint density at radius 3 is 2.32 bits per heavy atom. The van der Waals surface area contributed by atoms with Crippen molar-refractivity contribution < 1.29 is 26.7 Å². The molecule has 2 aromatic carbocycles. The average molecular weight is 537 g/mol. The molecule has 5 nitrogen and oxygen atoms in total. The molecular weight excluding hydrogens is 511 g/mol. The van der Waals surface area contributed by atoms with Gasteiger partial charge in [0.05, 0.1) is 0 Å². The highest BCUT2D eigenvalue weighted by Gasteiger charge is 2.57. The third-order valence-electron chi connectivity index (χ3n) is 6.54. The van der Waals surface area contributed by atoms with Crippen LogP contribution in [0.15, 0.2) is 59.8 Å². The van der Waals surface area contributed by atoms with E-state index in [0.717, 1.165) is 41.2 Å². The molecule has 196 valence electrons. The minimum atomic E-state index is -4.61. The van der Waals surface area contributed by atoms with E-state index < -0.39 is 17.8 Å². The predicted octanol–water partition coefficient (Wildman–Crippen LogP) is 6.11. The Hall–Kier alpha value is -3.05. The van der Waals surface area contributed by atoms with E-state index in [-0.39, 0.29) is 17.9 Å². The van der Waals surface area contributed by atoms with Gasteiger partial charge in [-0.3, -0.25) is 4.79 Å². The van der Waals surface area contributed by atoms with Gasteiger partial charge in [0.15, 0.2) is 0 Å². The molecule has 1 amide bonds. The highest BCUT2D eigenvalue weighted by Crippen LogP contribution is 2.56. The first-order valence-corrected chi connectivity index (χ1v) is 12.4. The summed E-state index contributed by atoms with van der Waals surface area (Å²) in [5.74, 6) is -0.166. The van der Waals surface area contributed by atoms with Crippen molar-refractivity contribution in [1.82, 2.24) is 19.6 Å². The van der Waals surface area contributed by atoms with Crippen LogP contribution in [0.4, 0.5) is 22.0 Å². The molecule has 2 aliphatic rings. The average Bonchev–Trinajstić information content (AvgIpc) is 3.36. The molecule has 1 aromatic heterocycles. The summed E-state index contributed by atoms with van der Waals surface area (Å²) in [5, 5.41) is 2.31. The van der Waals surface area contributed by atoms with Crippen LogP contribution in [0.3, 0.4) is 0 Å². The standard InChI is InChI=1S/C13H9F4N3O.C13H16FNS/c14-11-2-1-8(3-9(11)4-18-7-21)10-5-19-12(20-6-10)13(15,16)17;1-8-7-12-9(2)13(12)15(8)16-11-5-3-10(14)4-6-11/h1-3,5-7H,4H2,(H,18,21);3-6,8-9,12-13H,7H2,1-2H3/t;8-,9+,12?,13?/m.1/s1. The Morgan fingerprint density at radius 2 is 1.73 bits per heavy atom. The van der Waals surface area contributed by atoms with Gasteiger partial charge in [0.25, 0.3) is 0 Å². The maximum atomic E-state index is 13.5. The number of carbonyl (C=O) groups is 1. The van der Waals surface area contributed by atoms with Crippen molar-refractivity contribution in [2.45, 2.75) is 50.0 Å². The lowest BCUT2D eigenvalue weighted by Gasteiger charge is -2.24. The Balaban J connectivity index is 0.000000179. The first kappa shape index (κ1) is 27.0. The van der Waals surface area contributed by atoms with Gasteiger partial charge in [-0.15, -0.1) is 0 Å². The number of carbonyl (C=O) groups excluding carboxylic acids is 1. The van der Waals surface area contributed by atoms with E-state index in [1.165, 1.54) is 30.7 Å². The number of hydrogen-bond donors (Lipinski definition) is 1. The molecule has 3 aromatic rings. The van der Waals surface area contributed by atoms with Crippen molar-refractivity contribution in [3.8, 4) is 11.1 Å². The van der Waals surface area contributed by atoms with Gasteiger partial charge in [-0.1, -0.05) is 13.0 Å². The molecular formula is C26H25F5N4OS. The number of alkyl halides is 3. The summed E-state index contributed by atoms with van der Waals surface area (Å²) in [6.07, 6.45) is -0.840. The number of hydrogen-bond acceptors (Lipinski definition) is 5. The molecule has 37 heavy (non-hydrogen) atoms. The fraction of sp³-hybridized carbons (Fsp3) is 0.346. The molecule has 1 aliphatic heterocycles. The number of amides is 1. The second kappa shape index (κ2) is 11.1. The number of piperidine rings is 1. The first-order valence-electron chi connectivity index (χ1n) is 11.7. The molecule has 1 saturated carbocycles. The van der Waals surface area contributed by atoms with Crippen LogP contribution in [0, 0.1) is 23.5 Å². The van der Waals surface area contributed by atoms with E-state index in [4.69, 9.17) is 0 Å². The summed E-state index contributed by atoms with van der Waals surface area (Å²) >= 11 is 1.79. The predicted molar refractivity (Wildman–Crippen MR) is 130 cm³/mol. The monoisotopic (exact) mass is 536 g/mol. The Labute approximate surface area is 215 Å². The molecule has 1 N–H and O–H groups in total. The van der Waals surface area contributed by atoms with Gasteiger partial charge in [0.2, 0.25) is 12.2 Å². The van der Waals surface area contributed by atoms with E-state index in [9.17, 15) is 26.7 Å². The summed E-state index contributed by atoms with van der Waals surface area (Å²) < 4.78 is 65.9. The molecule has 1 saturated heterocycles. The second-order valence-corrected chi connectivity index (χ2v) is 10.2. The van der Waals surface area contributed by atoms with Gasteiger partial charge in [0.1, 0.15) is 11.6 Å². The number of aromatic nitrogens is 2. The van der Waals surface area contributed by atoms with E-state index in [2.05, 4.69) is 33.4 Å². The Kier molecular flexibility index (Phi) is 8.13. The molecule has 0 bridgehead atoms. The second-order valence-electron chi connectivity index (χ2n) is 9.10. The summed E-state index contributed by atoms with van der Waals surface area (Å²) in [7, 11) is 0. The number of nitrogens with zero attached hydrogens (tertiary/aromatic N) is 3. The van der Waals surface area contributed by atoms with E-state index in [1.54, 1.807) is 11.9 Å². The van der Waals surface area contributed by atoms with E-state index in [1.807, 2.05) is 12.1 Å². The van der Waals surface area contributed by atoms with Gasteiger partial charge in [-0.25, -0.2) is 23.1 Å². The SMILES string of the molecule is C[C@H]1C2C[C@@H](C)N(Sc3ccc(F)cc3)C21.O=CNCc1cc(-c2cnc(C(F)(F)F)nc2)ccc1F. The molecule has 0 spiro atoms. The van der Waals surface area contributed by atoms with Crippen LogP contribution < -0.4 is 5.32 Å². The molecule has 2 unspecified atom stereocenters. The number of benzene rings is 2. The lowest BCUT2D eigenvalue weighted by molar-refractivity contribution is -0.145. The molecule has 4 atom stereocenters. The maximum Gasteiger partial charge on any atom is 0.451 e. The summed E-state index contributed by atoms with van der Waals surface area (Å²) in [6, 6.07) is 12.2. The minimum Gasteiger partial charge on any atom is -0.354 e. The number of fused-ring (bicyclic) bond motifs is 1. The largest absolute Gasteiger partial charge is 0.451 e. The van der Waals surface area contributed by atoms with Gasteiger partial charge in [0, 0.05) is 47.0 Å². The van der Waals surface area contributed by atoms with Crippen molar-refractivity contribution in [2.75, 3.05) is 0 Å². The van der Waals surface area contributed by atoms with E-state index >= 15 is 0 Å². The highest BCUT2D eigenvalue weighted by atomic mass is 32.2. The minimum absolute atomic E-state index is 0.0231. The smallest absolute Gasteiger partial charge is 0.354 e. The lowest BCUT2D eigenvalue weighted by atomic mass is 10.1. The maximum absolute atomic E-state index is 13.5. The molecule has 2 fully saturated rings. The highest BCUT2D eigenvalue weighted by molar-refractivity contribution is 7.97. The molecule has 0 radical (unpaired) electrons. The third-order valence-corrected chi connectivity index (χ3v) is 7.84. The van der Waals surface area contributed by atoms with Crippen molar-refractivity contribution in [3.63, 3.8) is 0 Å². The normalized spacial score (nSPS) is 22.6. The summed E-state index contributed by atoms with van der Waals surface area (Å²) in [4.78, 5) is 17.8. The van der Waals surface area contributed by atoms with Crippen LogP contribution in [0.25, 0.3) is 11.1 Å². The Morgan fingerprint density at radius 1 is 1.05 bits per heavy atom. The van der Waals surface area contributed by atoms with Crippen molar-refractivity contribution in [2.24, 2.45) is 11.8 Å². The summed E-state index contributed by atoms with van der Waals surface area (Å²) in [5.41, 5.74) is 0.975. The fourth-order valence-corrected chi connectivity index (χ4v) is 5.76. The van der Waals surface area contributed by atoms with Crippen LogP contribution >= 0.6 is 11.9 Å². The van der Waals surface area contributed by atoms with Gasteiger partial charge in [-0.2, -0.15) is 13.2 Å². The van der Waals surface area contributed by atoms with Crippen LogP contribution in [-0.4, -0.2) is 32.8 Å². The van der Waals surface area contributed by atoms with Gasteiger partial charge < -0.3 is 5.32 Å². The fourth-order valence-electron chi connectivity index (χ4n) is 4.52. The first-order chi connectivity index (χ1) is 17.6. The third kappa shape index (κ3) is 6.45. The number of rotatable bonds is 6.